The minimum atomic E-state index is 0.0191. The minimum Gasteiger partial charge on any atom is -0.489 e. The highest BCUT2D eigenvalue weighted by Crippen LogP contribution is 2.32. The van der Waals surface area contributed by atoms with E-state index in [0.717, 1.165) is 16.7 Å². The van der Waals surface area contributed by atoms with Gasteiger partial charge in [-0.15, -0.1) is 0 Å². The highest BCUT2D eigenvalue weighted by atomic mass is 35.5. The summed E-state index contributed by atoms with van der Waals surface area (Å²) >= 11 is 6.27. The summed E-state index contributed by atoms with van der Waals surface area (Å²) in [5.41, 5.74) is 3.31. The van der Waals surface area contributed by atoms with Gasteiger partial charge < -0.3 is 14.4 Å². The second-order valence-electron chi connectivity index (χ2n) is 5.74. The molecule has 0 saturated carbocycles. The molecular weight excluding hydrogens is 326 g/mol. The zero-order chi connectivity index (χ0) is 17.1. The maximum atomic E-state index is 9.10. The van der Waals surface area contributed by atoms with Crippen LogP contribution in [0.4, 0.5) is 0 Å². The van der Waals surface area contributed by atoms with E-state index < -0.39 is 0 Å². The van der Waals surface area contributed by atoms with Crippen molar-refractivity contribution in [2.45, 2.75) is 26.6 Å². The lowest BCUT2D eigenvalue weighted by Gasteiger charge is -2.11. The average Bonchev–Trinajstić information content (AvgIpc) is 3.06. The number of aliphatic hydroxyl groups is 1. The van der Waals surface area contributed by atoms with Gasteiger partial charge in [0.05, 0.1) is 17.7 Å². The van der Waals surface area contributed by atoms with Crippen molar-refractivity contribution in [2.75, 3.05) is 0 Å². The quantitative estimate of drug-likeness (QED) is 0.712. The highest BCUT2D eigenvalue weighted by molar-refractivity contribution is 6.32. The Morgan fingerprint density at radius 3 is 2.42 bits per heavy atom. The fourth-order valence-electron chi connectivity index (χ4n) is 2.33. The maximum absolute atomic E-state index is 9.10. The Balaban J connectivity index is 1.85. The molecule has 24 heavy (non-hydrogen) atoms. The lowest BCUT2D eigenvalue weighted by molar-refractivity contribution is 0.242. The van der Waals surface area contributed by atoms with Crippen LogP contribution in [0, 0.1) is 0 Å². The molecule has 0 amide bonds. The smallest absolute Gasteiger partial charge is 0.167 e. The van der Waals surface area contributed by atoms with Gasteiger partial charge >= 0.3 is 0 Å². The number of aromatic nitrogens is 1. The first-order valence-electron chi connectivity index (χ1n) is 7.70. The van der Waals surface area contributed by atoms with Crippen LogP contribution in [-0.4, -0.2) is 16.4 Å². The molecule has 3 aromatic rings. The Kier molecular flexibility index (Phi) is 4.88. The summed E-state index contributed by atoms with van der Waals surface area (Å²) < 4.78 is 11.1. The fraction of sp³-hybridized carbons (Fsp3) is 0.211. The molecule has 3 rings (SSSR count). The monoisotopic (exact) mass is 343 g/mol. The molecule has 2 aromatic carbocycles. The lowest BCUT2D eigenvalue weighted by atomic mass is 10.1. The molecule has 0 spiro atoms. The van der Waals surface area contributed by atoms with Gasteiger partial charge in [0.2, 0.25) is 0 Å². The molecule has 0 saturated heterocycles. The van der Waals surface area contributed by atoms with Gasteiger partial charge in [-0.25, -0.2) is 0 Å². The molecule has 0 aliphatic rings. The predicted octanol–water partition coefficient (Wildman–Crippen LogP) is 4.94. The molecule has 0 radical (unpaired) electrons. The van der Waals surface area contributed by atoms with E-state index in [1.54, 1.807) is 0 Å². The third-order valence-electron chi connectivity index (χ3n) is 3.52. The van der Waals surface area contributed by atoms with E-state index in [9.17, 15) is 0 Å². The van der Waals surface area contributed by atoms with E-state index >= 15 is 0 Å². The third kappa shape index (κ3) is 3.61. The largest absolute Gasteiger partial charge is 0.489 e. The molecule has 0 atom stereocenters. The van der Waals surface area contributed by atoms with Crippen LogP contribution in [0.25, 0.3) is 22.6 Å². The number of hydrogen-bond acceptors (Lipinski definition) is 4. The van der Waals surface area contributed by atoms with Crippen LogP contribution in [0.2, 0.25) is 5.02 Å². The van der Waals surface area contributed by atoms with Crippen molar-refractivity contribution in [3.63, 3.8) is 0 Å². The normalized spacial score (nSPS) is 11.0. The van der Waals surface area contributed by atoms with Crippen LogP contribution in [0.15, 0.2) is 53.1 Å². The van der Waals surface area contributed by atoms with Crippen molar-refractivity contribution >= 4 is 11.6 Å². The van der Waals surface area contributed by atoms with Crippen molar-refractivity contribution < 1.29 is 14.4 Å². The summed E-state index contributed by atoms with van der Waals surface area (Å²) in [6.07, 6.45) is 0.0638. The van der Waals surface area contributed by atoms with Gasteiger partial charge in [-0.2, -0.15) is 0 Å². The van der Waals surface area contributed by atoms with Gasteiger partial charge in [-0.3, -0.25) is 0 Å². The van der Waals surface area contributed by atoms with Gasteiger partial charge in [-0.1, -0.05) is 41.0 Å². The highest BCUT2D eigenvalue weighted by Gasteiger charge is 2.11. The van der Waals surface area contributed by atoms with Crippen molar-refractivity contribution in [3.8, 4) is 28.3 Å². The van der Waals surface area contributed by atoms with Crippen molar-refractivity contribution in [2.24, 2.45) is 0 Å². The summed E-state index contributed by atoms with van der Waals surface area (Å²) in [4.78, 5) is 0. The van der Waals surface area contributed by atoms with Crippen LogP contribution in [0.5, 0.6) is 5.75 Å². The van der Waals surface area contributed by atoms with Crippen molar-refractivity contribution in [1.29, 1.82) is 0 Å². The van der Waals surface area contributed by atoms with Crippen LogP contribution in [0.3, 0.4) is 0 Å². The van der Waals surface area contributed by atoms with Gasteiger partial charge in [0, 0.05) is 17.2 Å². The topological polar surface area (TPSA) is 55.5 Å². The number of rotatable bonds is 5. The van der Waals surface area contributed by atoms with Gasteiger partial charge in [-0.05, 0) is 37.6 Å². The Hall–Kier alpha value is -2.30. The molecule has 5 heteroatoms. The molecular formula is C19H18ClNO3. The molecule has 124 valence electrons. The van der Waals surface area contributed by atoms with Crippen LogP contribution in [-0.2, 0) is 6.61 Å². The van der Waals surface area contributed by atoms with E-state index in [2.05, 4.69) is 5.16 Å². The summed E-state index contributed by atoms with van der Waals surface area (Å²) in [5, 5.41) is 13.7. The molecule has 0 fully saturated rings. The molecule has 1 aromatic heterocycles. The fourth-order valence-corrected chi connectivity index (χ4v) is 2.56. The van der Waals surface area contributed by atoms with Crippen LogP contribution >= 0.6 is 11.6 Å². The number of aliphatic hydroxyl groups excluding tert-OH is 1. The third-order valence-corrected chi connectivity index (χ3v) is 3.82. The molecule has 1 N–H and O–H groups in total. The zero-order valence-corrected chi connectivity index (χ0v) is 14.2. The van der Waals surface area contributed by atoms with Gasteiger partial charge in [0.15, 0.2) is 5.76 Å². The number of hydrogen-bond donors (Lipinski definition) is 1. The Labute approximate surface area is 145 Å². The van der Waals surface area contributed by atoms with E-state index in [0.29, 0.717) is 22.2 Å². The standard InChI is InChI=1S/C19H18ClNO3/c1-12(2)23-18-8-7-15(9-16(18)20)17-10-19(24-21-17)14-5-3-13(11-22)4-6-14/h3-10,12,22H,11H2,1-2H3. The molecule has 4 nitrogen and oxygen atoms in total. The maximum Gasteiger partial charge on any atom is 0.167 e. The number of benzene rings is 2. The first kappa shape index (κ1) is 16.6. The van der Waals surface area contributed by atoms with E-state index in [1.165, 1.54) is 0 Å². The lowest BCUT2D eigenvalue weighted by Crippen LogP contribution is -2.05. The zero-order valence-electron chi connectivity index (χ0n) is 13.5. The SMILES string of the molecule is CC(C)Oc1ccc(-c2cc(-c3ccc(CO)cc3)on2)cc1Cl. The van der Waals surface area contributed by atoms with E-state index in [4.69, 9.17) is 26.0 Å². The number of halogens is 1. The molecule has 0 aliphatic carbocycles. The van der Waals surface area contributed by atoms with E-state index in [-0.39, 0.29) is 12.7 Å². The minimum absolute atomic E-state index is 0.0191. The molecule has 0 unspecified atom stereocenters. The second-order valence-corrected chi connectivity index (χ2v) is 6.15. The Morgan fingerprint density at radius 1 is 1.08 bits per heavy atom. The number of nitrogens with zero attached hydrogens (tertiary/aromatic N) is 1. The van der Waals surface area contributed by atoms with E-state index in [1.807, 2.05) is 62.4 Å². The average molecular weight is 344 g/mol. The summed E-state index contributed by atoms with van der Waals surface area (Å²) in [5.74, 6) is 1.31. The Bertz CT molecular complexity index is 825. The number of ether oxygens (including phenoxy) is 1. The first-order chi connectivity index (χ1) is 11.6. The van der Waals surface area contributed by atoms with Crippen molar-refractivity contribution in [1.82, 2.24) is 5.16 Å². The predicted molar refractivity (Wildman–Crippen MR) is 94.1 cm³/mol. The van der Waals surface area contributed by atoms with Crippen LogP contribution in [0.1, 0.15) is 19.4 Å². The van der Waals surface area contributed by atoms with Gasteiger partial charge in [0.1, 0.15) is 11.4 Å². The second kappa shape index (κ2) is 7.07. The molecule has 0 bridgehead atoms. The molecule has 0 aliphatic heterocycles. The summed E-state index contributed by atoms with van der Waals surface area (Å²) in [7, 11) is 0. The Morgan fingerprint density at radius 2 is 1.79 bits per heavy atom. The summed E-state index contributed by atoms with van der Waals surface area (Å²) in [6.45, 7) is 3.93. The van der Waals surface area contributed by atoms with Crippen LogP contribution < -0.4 is 4.74 Å². The summed E-state index contributed by atoms with van der Waals surface area (Å²) in [6, 6.07) is 14.9. The first-order valence-corrected chi connectivity index (χ1v) is 8.08. The van der Waals surface area contributed by atoms with Crippen molar-refractivity contribution in [3.05, 3.63) is 59.1 Å². The molecule has 1 heterocycles. The van der Waals surface area contributed by atoms with Gasteiger partial charge in [0.25, 0.3) is 0 Å².